The molecule has 0 bridgehead atoms. The summed E-state index contributed by atoms with van der Waals surface area (Å²) in [5.41, 5.74) is 0. The van der Waals surface area contributed by atoms with Crippen LogP contribution in [-0.4, -0.2) is 73.5 Å². The Balaban J connectivity index is 0. The van der Waals surface area contributed by atoms with Gasteiger partial charge in [0, 0.05) is 0 Å². The zero-order valence-corrected chi connectivity index (χ0v) is 35.2. The van der Waals surface area contributed by atoms with Gasteiger partial charge in [0.15, 0.2) is 0 Å². The number of aliphatic carboxylic acids is 1. The molecule has 0 heterocycles. The first-order chi connectivity index (χ1) is 25.2. The van der Waals surface area contributed by atoms with Crippen LogP contribution in [-0.2, 0) is 19.4 Å². The van der Waals surface area contributed by atoms with Gasteiger partial charge in [-0.05, 0) is 77.0 Å². The molecule has 0 rings (SSSR count). The number of carbonyl (C=O) groups is 1. The molecule has 8 nitrogen and oxygen atoms in total. The number of hydrogen-bond donors (Lipinski definition) is 2. The second-order valence-electron chi connectivity index (χ2n) is 14.9. The van der Waals surface area contributed by atoms with E-state index in [1.54, 1.807) is 0 Å². The highest BCUT2D eigenvalue weighted by Gasteiger charge is 2.27. The Labute approximate surface area is 322 Å². The minimum atomic E-state index is -4.41. The van der Waals surface area contributed by atoms with Crippen molar-refractivity contribution in [2.75, 3.05) is 39.9 Å². The third kappa shape index (κ3) is 43.1. The summed E-state index contributed by atoms with van der Waals surface area (Å²) in [6.45, 7) is 8.10. The molecule has 1 unspecified atom stereocenters. The van der Waals surface area contributed by atoms with E-state index in [9.17, 15) is 28.0 Å². The van der Waals surface area contributed by atoms with E-state index >= 15 is 0 Å². The molecule has 0 aromatic carbocycles. The molecule has 0 aromatic heterocycles. The van der Waals surface area contributed by atoms with Gasteiger partial charge in [0.25, 0.3) is 0 Å². The zero-order valence-electron chi connectivity index (χ0n) is 34.3. The maximum atomic E-state index is 11.4. The van der Waals surface area contributed by atoms with Crippen LogP contribution in [0.3, 0.4) is 0 Å². The minimum absolute atomic E-state index is 0.152. The molecule has 0 amide bonds. The number of rotatable bonds is 39. The number of nitrogens with zero attached hydrogens (tertiary/aromatic N) is 1. The van der Waals surface area contributed by atoms with Gasteiger partial charge in [0.1, 0.15) is 6.54 Å². The van der Waals surface area contributed by atoms with Gasteiger partial charge in [0.05, 0.1) is 39.8 Å². The van der Waals surface area contributed by atoms with Crippen molar-refractivity contribution in [2.24, 2.45) is 0 Å². The lowest BCUT2D eigenvalue weighted by molar-refractivity contribution is -0.928. The quantitative estimate of drug-likeness (QED) is 0.0210. The molecule has 310 valence electrons. The lowest BCUT2D eigenvalue weighted by Gasteiger charge is -2.38. The molecule has 0 aliphatic carbocycles. The van der Waals surface area contributed by atoms with Crippen LogP contribution in [0.1, 0.15) is 206 Å². The van der Waals surface area contributed by atoms with E-state index in [0.29, 0.717) is 13.1 Å². The summed E-state index contributed by atoms with van der Waals surface area (Å²) in [6.07, 6.45) is 47.8. The van der Waals surface area contributed by atoms with Crippen LogP contribution in [0.25, 0.3) is 0 Å². The number of carboxylic acids is 1. The van der Waals surface area contributed by atoms with Crippen LogP contribution in [0.15, 0.2) is 24.3 Å². The van der Waals surface area contributed by atoms with Crippen molar-refractivity contribution in [3.05, 3.63) is 24.3 Å². The predicted octanol–water partition coefficient (Wildman–Crippen LogP) is 11.8. The highest BCUT2D eigenvalue weighted by molar-refractivity contribution is 7.80. The summed E-state index contributed by atoms with van der Waals surface area (Å²) >= 11 is 0. The number of carboxylic acid groups (broad SMARTS) is 1. The van der Waals surface area contributed by atoms with Gasteiger partial charge in [-0.1, -0.05) is 147 Å². The summed E-state index contributed by atoms with van der Waals surface area (Å²) < 4.78 is 31.8. The van der Waals surface area contributed by atoms with Crippen molar-refractivity contribution in [1.82, 2.24) is 0 Å². The Morgan fingerprint density at radius 2 is 0.827 bits per heavy atom. The summed E-state index contributed by atoms with van der Waals surface area (Å²) in [6, 6.07) is 0. The second-order valence-corrected chi connectivity index (χ2v) is 16.1. The molecule has 0 spiro atoms. The number of unbranched alkanes of at least 4 members (excludes halogenated alkanes) is 25. The minimum Gasteiger partial charge on any atom is -0.726 e. The molecular weight excluding hydrogens is 675 g/mol. The van der Waals surface area contributed by atoms with Crippen molar-refractivity contribution in [1.29, 1.82) is 0 Å². The van der Waals surface area contributed by atoms with E-state index < -0.39 is 16.4 Å². The van der Waals surface area contributed by atoms with Crippen LogP contribution in [0.5, 0.6) is 0 Å². The Bertz CT molecular complexity index is 909. The largest absolute Gasteiger partial charge is 0.726 e. The van der Waals surface area contributed by atoms with Crippen molar-refractivity contribution >= 4 is 16.4 Å². The van der Waals surface area contributed by atoms with E-state index in [4.69, 9.17) is 0 Å². The van der Waals surface area contributed by atoms with E-state index in [-0.39, 0.29) is 13.0 Å². The lowest BCUT2D eigenvalue weighted by Crippen LogP contribution is -2.52. The molecule has 52 heavy (non-hydrogen) atoms. The van der Waals surface area contributed by atoms with Gasteiger partial charge in [0.2, 0.25) is 10.4 Å². The van der Waals surface area contributed by atoms with Gasteiger partial charge in [-0.25, -0.2) is 8.42 Å². The van der Waals surface area contributed by atoms with Crippen LogP contribution in [0, 0.1) is 0 Å². The van der Waals surface area contributed by atoms with Crippen LogP contribution < -0.4 is 0 Å². The van der Waals surface area contributed by atoms with E-state index in [2.05, 4.69) is 42.3 Å². The van der Waals surface area contributed by atoms with Crippen LogP contribution >= 0.6 is 0 Å². The van der Waals surface area contributed by atoms with E-state index in [0.717, 1.165) is 37.5 Å². The third-order valence-electron chi connectivity index (χ3n) is 10.1. The average molecular weight is 760 g/mol. The van der Waals surface area contributed by atoms with Gasteiger partial charge >= 0.3 is 5.97 Å². The Morgan fingerprint density at radius 3 is 1.10 bits per heavy atom. The summed E-state index contributed by atoms with van der Waals surface area (Å²) in [4.78, 5) is 11.4. The lowest BCUT2D eigenvalue weighted by atomic mass is 10.1. The van der Waals surface area contributed by atoms with Gasteiger partial charge in [-0.3, -0.25) is 8.98 Å². The molecule has 1 atom stereocenters. The summed E-state index contributed by atoms with van der Waals surface area (Å²) in [5.74, 6) is -0.710. The first-order valence-electron chi connectivity index (χ1n) is 21.7. The number of aliphatic hydroxyl groups excluding tert-OH is 1. The first-order valence-corrected chi connectivity index (χ1v) is 23.0. The first kappa shape index (κ1) is 52.8. The molecule has 0 radical (unpaired) electrons. The van der Waals surface area contributed by atoms with Crippen molar-refractivity contribution in [2.45, 2.75) is 206 Å². The second kappa shape index (κ2) is 40.9. The smallest absolute Gasteiger partial charge is 0.309 e. The monoisotopic (exact) mass is 760 g/mol. The maximum absolute atomic E-state index is 11.4. The molecular formula is C43H85NO7S. The third-order valence-corrected chi connectivity index (χ3v) is 10.5. The molecule has 2 N–H and O–H groups in total. The molecule has 0 aliphatic heterocycles. The Morgan fingerprint density at radius 1 is 0.538 bits per heavy atom. The van der Waals surface area contributed by atoms with E-state index in [1.807, 2.05) is 0 Å². The fraction of sp³-hybridized carbons (Fsp3) is 0.884. The Hall–Kier alpha value is -1.26. The average Bonchev–Trinajstić information content (AvgIpc) is 3.12. The molecule has 0 fully saturated rings. The van der Waals surface area contributed by atoms with Crippen LogP contribution in [0.4, 0.5) is 0 Å². The predicted molar refractivity (Wildman–Crippen MR) is 219 cm³/mol. The van der Waals surface area contributed by atoms with Gasteiger partial charge in [-0.15, -0.1) is 0 Å². The molecule has 0 aliphatic rings. The van der Waals surface area contributed by atoms with Crippen molar-refractivity contribution in [3.8, 4) is 0 Å². The van der Waals surface area contributed by atoms with Crippen molar-refractivity contribution < 1.29 is 36.6 Å². The van der Waals surface area contributed by atoms with Gasteiger partial charge < -0.3 is 19.2 Å². The normalized spacial score (nSPS) is 13.1. The number of allylic oxidation sites excluding steroid dienone is 4. The molecule has 0 aromatic rings. The molecule has 0 saturated carbocycles. The SMILES string of the molecule is CCCCCCCC/C=C\CCCCCCCCC[N+](CCO)(CCCCCCCC/C=C\CCCCCCCC)CCC(=O)O.COS(=O)(=O)[O-]. The fourth-order valence-electron chi connectivity index (χ4n) is 6.78. The zero-order chi connectivity index (χ0) is 38.9. The maximum Gasteiger partial charge on any atom is 0.309 e. The van der Waals surface area contributed by atoms with Crippen molar-refractivity contribution in [3.63, 3.8) is 0 Å². The molecule has 9 heteroatoms. The topological polar surface area (TPSA) is 124 Å². The Kier molecular flexibility index (Phi) is 41.6. The standard InChI is InChI=1S/C42H81NO3.CH4O4S/c1-3-5-7-9-11-13-15-17-19-21-23-25-27-29-31-33-35-38-43(40-41-44,39-36-42(45)46)37-34-32-30-28-26-24-22-20-18-16-14-12-10-8-6-4-2;1-5-6(2,3)4/h17-20,44H,3-16,21-41H2,1-2H3;1H3,(H,2,3,4)/b19-17-,20-18-;. The molecule has 0 saturated heterocycles. The summed E-state index contributed by atoms with van der Waals surface area (Å²) in [5, 5.41) is 19.3. The number of hydrogen-bond acceptors (Lipinski definition) is 6. The summed E-state index contributed by atoms with van der Waals surface area (Å²) in [7, 11) is -3.60. The number of quaternary nitrogens is 1. The highest BCUT2D eigenvalue weighted by Crippen LogP contribution is 2.18. The number of aliphatic hydroxyl groups is 1. The van der Waals surface area contributed by atoms with Gasteiger partial charge in [-0.2, -0.15) is 0 Å². The fourth-order valence-corrected chi connectivity index (χ4v) is 6.78. The van der Waals surface area contributed by atoms with E-state index in [1.165, 1.54) is 173 Å². The van der Waals surface area contributed by atoms with Crippen LogP contribution in [0.2, 0.25) is 0 Å². The highest BCUT2D eigenvalue weighted by atomic mass is 32.3.